The Bertz CT molecular complexity index is 457. The third-order valence-electron chi connectivity index (χ3n) is 6.19. The second-order valence-electron chi connectivity index (χ2n) is 7.74. The van der Waals surface area contributed by atoms with Crippen molar-refractivity contribution >= 4 is 9.84 Å². The molecule has 3 saturated carbocycles. The van der Waals surface area contributed by atoms with Crippen molar-refractivity contribution in [3.05, 3.63) is 0 Å². The SMILES string of the molecule is CS(=O)(=O)C1CCCC(C2(N)CCCC(C3CC3)C2)C1. The Morgan fingerprint density at radius 2 is 1.75 bits per heavy atom. The highest BCUT2D eigenvalue weighted by atomic mass is 32.2. The minimum Gasteiger partial charge on any atom is -0.325 e. The van der Waals surface area contributed by atoms with E-state index in [1.54, 1.807) is 0 Å². The van der Waals surface area contributed by atoms with Crippen molar-refractivity contribution in [1.82, 2.24) is 0 Å². The summed E-state index contributed by atoms with van der Waals surface area (Å²) in [5.74, 6) is 2.19. The largest absolute Gasteiger partial charge is 0.325 e. The molecular weight excluding hydrogens is 270 g/mol. The number of nitrogens with two attached hydrogens (primary N) is 1. The van der Waals surface area contributed by atoms with Gasteiger partial charge in [0.15, 0.2) is 0 Å². The molecule has 4 atom stereocenters. The van der Waals surface area contributed by atoms with Gasteiger partial charge in [-0.3, -0.25) is 0 Å². The van der Waals surface area contributed by atoms with Crippen molar-refractivity contribution in [1.29, 1.82) is 0 Å². The lowest BCUT2D eigenvalue weighted by molar-refractivity contribution is 0.114. The lowest BCUT2D eigenvalue weighted by atomic mass is 9.64. The minimum absolute atomic E-state index is 0.0745. The Kier molecular flexibility index (Phi) is 3.91. The molecule has 0 aromatic rings. The summed E-state index contributed by atoms with van der Waals surface area (Å²) in [6.07, 6.45) is 12.9. The number of hydrogen-bond acceptors (Lipinski definition) is 3. The maximum atomic E-state index is 11.9. The molecule has 0 aromatic carbocycles. The fraction of sp³-hybridized carbons (Fsp3) is 1.00. The molecule has 4 heteroatoms. The summed E-state index contributed by atoms with van der Waals surface area (Å²) in [6.45, 7) is 0. The molecule has 3 nitrogen and oxygen atoms in total. The highest BCUT2D eigenvalue weighted by Gasteiger charge is 2.45. The summed E-state index contributed by atoms with van der Waals surface area (Å²) in [5.41, 5.74) is 6.73. The quantitative estimate of drug-likeness (QED) is 0.871. The standard InChI is InChI=1S/C16H29NO2S/c1-20(18,19)15-6-2-5-14(10-15)16(17)9-3-4-13(11-16)12-7-8-12/h12-15H,2-11,17H2,1H3. The van der Waals surface area contributed by atoms with Crippen LogP contribution in [-0.2, 0) is 9.84 Å². The van der Waals surface area contributed by atoms with Crippen molar-refractivity contribution in [3.8, 4) is 0 Å². The van der Waals surface area contributed by atoms with E-state index in [9.17, 15) is 8.42 Å². The van der Waals surface area contributed by atoms with Crippen LogP contribution in [0.5, 0.6) is 0 Å². The van der Waals surface area contributed by atoms with Gasteiger partial charge in [-0.2, -0.15) is 0 Å². The molecule has 3 aliphatic carbocycles. The summed E-state index contributed by atoms with van der Waals surface area (Å²) in [4.78, 5) is 0. The number of hydrogen-bond donors (Lipinski definition) is 1. The molecule has 4 unspecified atom stereocenters. The Morgan fingerprint density at radius 1 is 1.00 bits per heavy atom. The smallest absolute Gasteiger partial charge is 0.150 e. The van der Waals surface area contributed by atoms with Gasteiger partial charge in [-0.05, 0) is 62.7 Å². The van der Waals surface area contributed by atoms with E-state index < -0.39 is 9.84 Å². The van der Waals surface area contributed by atoms with Crippen LogP contribution in [0.4, 0.5) is 0 Å². The van der Waals surface area contributed by atoms with Gasteiger partial charge in [0, 0.05) is 11.8 Å². The molecule has 0 saturated heterocycles. The van der Waals surface area contributed by atoms with Crippen LogP contribution in [-0.4, -0.2) is 25.5 Å². The average Bonchev–Trinajstić information content (AvgIpc) is 3.22. The Balaban J connectivity index is 1.70. The third kappa shape index (κ3) is 3.06. The van der Waals surface area contributed by atoms with Crippen LogP contribution in [0.1, 0.15) is 64.2 Å². The van der Waals surface area contributed by atoms with Gasteiger partial charge in [0.25, 0.3) is 0 Å². The monoisotopic (exact) mass is 299 g/mol. The second-order valence-corrected chi connectivity index (χ2v) is 10.1. The fourth-order valence-electron chi connectivity index (χ4n) is 4.78. The van der Waals surface area contributed by atoms with E-state index >= 15 is 0 Å². The van der Waals surface area contributed by atoms with E-state index in [4.69, 9.17) is 5.73 Å². The maximum absolute atomic E-state index is 11.9. The van der Waals surface area contributed by atoms with Crippen molar-refractivity contribution in [2.24, 2.45) is 23.5 Å². The van der Waals surface area contributed by atoms with Crippen molar-refractivity contribution in [3.63, 3.8) is 0 Å². The number of sulfone groups is 1. The molecule has 3 rings (SSSR count). The molecular formula is C16H29NO2S. The first-order valence-corrected chi connectivity index (χ1v) is 10.3. The van der Waals surface area contributed by atoms with Crippen LogP contribution < -0.4 is 5.73 Å². The summed E-state index contributed by atoms with van der Waals surface area (Å²) in [5, 5.41) is -0.136. The first-order chi connectivity index (χ1) is 9.38. The van der Waals surface area contributed by atoms with E-state index in [2.05, 4.69) is 0 Å². The van der Waals surface area contributed by atoms with Gasteiger partial charge in [0.2, 0.25) is 0 Å². The van der Waals surface area contributed by atoms with Crippen molar-refractivity contribution < 1.29 is 8.42 Å². The van der Waals surface area contributed by atoms with Crippen molar-refractivity contribution in [2.45, 2.75) is 75.0 Å². The van der Waals surface area contributed by atoms with E-state index in [0.29, 0.717) is 5.92 Å². The summed E-state index contributed by atoms with van der Waals surface area (Å²) in [6, 6.07) is 0. The van der Waals surface area contributed by atoms with Gasteiger partial charge < -0.3 is 5.73 Å². The van der Waals surface area contributed by atoms with E-state index in [1.807, 2.05) is 0 Å². The van der Waals surface area contributed by atoms with E-state index in [1.165, 1.54) is 31.9 Å². The predicted molar refractivity (Wildman–Crippen MR) is 82.2 cm³/mol. The molecule has 3 aliphatic rings. The Morgan fingerprint density at radius 3 is 2.40 bits per heavy atom. The average molecular weight is 299 g/mol. The molecule has 0 radical (unpaired) electrons. The van der Waals surface area contributed by atoms with Gasteiger partial charge in [-0.15, -0.1) is 0 Å². The van der Waals surface area contributed by atoms with Gasteiger partial charge in [0.05, 0.1) is 5.25 Å². The lowest BCUT2D eigenvalue weighted by Gasteiger charge is -2.46. The normalized spacial score (nSPS) is 43.4. The van der Waals surface area contributed by atoms with Crippen LogP contribution >= 0.6 is 0 Å². The first-order valence-electron chi connectivity index (χ1n) is 8.36. The van der Waals surface area contributed by atoms with Gasteiger partial charge in [-0.25, -0.2) is 8.42 Å². The first kappa shape index (κ1) is 14.8. The molecule has 20 heavy (non-hydrogen) atoms. The van der Waals surface area contributed by atoms with E-state index in [-0.39, 0.29) is 10.8 Å². The summed E-state index contributed by atoms with van der Waals surface area (Å²) < 4.78 is 23.7. The van der Waals surface area contributed by atoms with Crippen LogP contribution in [0, 0.1) is 17.8 Å². The highest BCUT2D eigenvalue weighted by Crippen LogP contribution is 2.49. The summed E-state index contributed by atoms with van der Waals surface area (Å²) >= 11 is 0. The predicted octanol–water partition coefficient (Wildman–Crippen LogP) is 2.89. The van der Waals surface area contributed by atoms with Gasteiger partial charge >= 0.3 is 0 Å². The minimum atomic E-state index is -2.90. The zero-order chi connectivity index (χ0) is 14.4. The Hall–Kier alpha value is -0.0900. The lowest BCUT2D eigenvalue weighted by Crippen LogP contribution is -2.53. The van der Waals surface area contributed by atoms with Crippen molar-refractivity contribution in [2.75, 3.05) is 6.26 Å². The van der Waals surface area contributed by atoms with Gasteiger partial charge in [-0.1, -0.05) is 19.3 Å². The fourth-order valence-corrected chi connectivity index (χ4v) is 5.96. The maximum Gasteiger partial charge on any atom is 0.150 e. The summed E-state index contributed by atoms with van der Waals surface area (Å²) in [7, 11) is -2.90. The molecule has 0 bridgehead atoms. The Labute approximate surface area is 123 Å². The van der Waals surface area contributed by atoms with E-state index in [0.717, 1.165) is 50.4 Å². The van der Waals surface area contributed by atoms with Crippen LogP contribution in [0.2, 0.25) is 0 Å². The van der Waals surface area contributed by atoms with Crippen LogP contribution in [0.25, 0.3) is 0 Å². The molecule has 2 N–H and O–H groups in total. The third-order valence-corrected chi connectivity index (χ3v) is 7.83. The van der Waals surface area contributed by atoms with Gasteiger partial charge in [0.1, 0.15) is 9.84 Å². The molecule has 0 amide bonds. The van der Waals surface area contributed by atoms with Crippen LogP contribution in [0.15, 0.2) is 0 Å². The zero-order valence-electron chi connectivity index (χ0n) is 12.7. The molecule has 116 valence electrons. The molecule has 0 aromatic heterocycles. The molecule has 0 aliphatic heterocycles. The molecule has 0 heterocycles. The second kappa shape index (κ2) is 5.28. The molecule has 3 fully saturated rings. The highest BCUT2D eigenvalue weighted by molar-refractivity contribution is 7.91. The zero-order valence-corrected chi connectivity index (χ0v) is 13.5. The van der Waals surface area contributed by atoms with Crippen LogP contribution in [0.3, 0.4) is 0 Å². The topological polar surface area (TPSA) is 60.2 Å². The molecule has 0 spiro atoms. The number of rotatable bonds is 3.